The molecule has 6 nitrogen and oxygen atoms in total. The third-order valence-electron chi connectivity index (χ3n) is 3.70. The zero-order chi connectivity index (χ0) is 20.0. The van der Waals surface area contributed by atoms with E-state index in [0.29, 0.717) is 27.9 Å². The van der Waals surface area contributed by atoms with Crippen molar-refractivity contribution in [3.8, 4) is 5.75 Å². The van der Waals surface area contributed by atoms with Crippen LogP contribution in [0.2, 0.25) is 10.0 Å². The first-order valence-electron chi connectivity index (χ1n) is 8.22. The molecule has 0 aliphatic rings. The number of para-hydroxylation sites is 1. The Labute approximate surface area is 168 Å². The van der Waals surface area contributed by atoms with Crippen molar-refractivity contribution in [1.29, 1.82) is 0 Å². The lowest BCUT2D eigenvalue weighted by molar-refractivity contribution is -0.118. The molecule has 0 aliphatic carbocycles. The Morgan fingerprint density at radius 2 is 1.70 bits per heavy atom. The fourth-order valence-electron chi connectivity index (χ4n) is 2.07. The predicted molar refractivity (Wildman–Crippen MR) is 107 cm³/mol. The number of benzene rings is 2. The maximum Gasteiger partial charge on any atom is 0.262 e. The minimum Gasteiger partial charge on any atom is -0.484 e. The molecule has 0 aromatic heterocycles. The van der Waals surface area contributed by atoms with Crippen molar-refractivity contribution in [2.24, 2.45) is 0 Å². The van der Waals surface area contributed by atoms with E-state index < -0.39 is 15.9 Å². The quantitative estimate of drug-likeness (QED) is 0.660. The Bertz CT molecular complexity index is 882. The molecule has 2 aromatic rings. The van der Waals surface area contributed by atoms with E-state index in [0.717, 1.165) is 0 Å². The predicted octanol–water partition coefficient (Wildman–Crippen LogP) is 4.09. The second-order valence-electron chi connectivity index (χ2n) is 5.84. The molecular weight excluding hydrogens is 411 g/mol. The summed E-state index contributed by atoms with van der Waals surface area (Å²) in [5.74, 6) is -0.0852. The zero-order valence-electron chi connectivity index (χ0n) is 14.8. The summed E-state index contributed by atoms with van der Waals surface area (Å²) >= 11 is 12.0. The van der Waals surface area contributed by atoms with E-state index in [-0.39, 0.29) is 17.5 Å². The first-order valence-corrected chi connectivity index (χ1v) is 10.5. The number of anilines is 1. The molecule has 0 aliphatic heterocycles. The number of nitrogens with one attached hydrogen (secondary N) is 2. The van der Waals surface area contributed by atoms with Gasteiger partial charge in [-0.05, 0) is 49.7 Å². The fraction of sp³-hybridized carbons (Fsp3) is 0.278. The first-order chi connectivity index (χ1) is 12.7. The number of sulfonamides is 1. The Morgan fingerprint density at radius 3 is 2.26 bits per heavy atom. The summed E-state index contributed by atoms with van der Waals surface area (Å²) in [6.45, 7) is 3.41. The van der Waals surface area contributed by atoms with Crippen molar-refractivity contribution in [1.82, 2.24) is 4.72 Å². The lowest BCUT2D eigenvalue weighted by Gasteiger charge is -2.13. The van der Waals surface area contributed by atoms with Crippen LogP contribution in [0.25, 0.3) is 0 Å². The highest BCUT2D eigenvalue weighted by Crippen LogP contribution is 2.29. The summed E-state index contributed by atoms with van der Waals surface area (Å²) in [4.78, 5) is 12.1. The second-order valence-corrected chi connectivity index (χ2v) is 8.36. The Balaban J connectivity index is 1.96. The lowest BCUT2D eigenvalue weighted by Crippen LogP contribution is -2.31. The van der Waals surface area contributed by atoms with E-state index >= 15 is 0 Å². The Hall–Kier alpha value is -1.80. The molecule has 0 fully saturated rings. The normalized spacial score (nSPS) is 12.4. The summed E-state index contributed by atoms with van der Waals surface area (Å²) in [5, 5.41) is 3.22. The molecule has 1 amide bonds. The van der Waals surface area contributed by atoms with E-state index in [1.165, 1.54) is 24.3 Å². The van der Waals surface area contributed by atoms with E-state index in [1.54, 1.807) is 25.1 Å². The van der Waals surface area contributed by atoms with E-state index in [9.17, 15) is 13.2 Å². The zero-order valence-corrected chi connectivity index (χ0v) is 17.2. The van der Waals surface area contributed by atoms with Crippen LogP contribution < -0.4 is 14.8 Å². The molecule has 27 heavy (non-hydrogen) atoms. The third kappa shape index (κ3) is 6.10. The number of carbonyl (C=O) groups excluding carboxylic acids is 1. The number of hydrogen-bond donors (Lipinski definition) is 2. The van der Waals surface area contributed by atoms with Gasteiger partial charge in [0.05, 0.1) is 20.6 Å². The molecule has 2 aromatic carbocycles. The van der Waals surface area contributed by atoms with Gasteiger partial charge in [-0.25, -0.2) is 13.1 Å². The van der Waals surface area contributed by atoms with Crippen LogP contribution in [0, 0.1) is 0 Å². The van der Waals surface area contributed by atoms with Gasteiger partial charge in [-0.3, -0.25) is 4.79 Å². The Morgan fingerprint density at radius 1 is 1.11 bits per heavy atom. The molecule has 0 heterocycles. The molecular formula is C18H20Cl2N2O4S. The molecule has 2 rings (SSSR count). The number of hydrogen-bond acceptors (Lipinski definition) is 4. The fourth-order valence-corrected chi connectivity index (χ4v) is 3.89. The van der Waals surface area contributed by atoms with Crippen molar-refractivity contribution in [2.75, 3.05) is 11.9 Å². The topological polar surface area (TPSA) is 84.5 Å². The van der Waals surface area contributed by atoms with Gasteiger partial charge in [-0.15, -0.1) is 0 Å². The maximum atomic E-state index is 12.2. The van der Waals surface area contributed by atoms with Crippen molar-refractivity contribution in [3.05, 3.63) is 52.5 Å². The van der Waals surface area contributed by atoms with Crippen LogP contribution in [0.3, 0.4) is 0 Å². The highest BCUT2D eigenvalue weighted by molar-refractivity contribution is 7.89. The summed E-state index contributed by atoms with van der Waals surface area (Å²) in [6, 6.07) is 10.5. The summed E-state index contributed by atoms with van der Waals surface area (Å²) in [6.07, 6.45) is 0.685. The largest absolute Gasteiger partial charge is 0.484 e. The van der Waals surface area contributed by atoms with Gasteiger partial charge in [0.25, 0.3) is 5.91 Å². The molecule has 9 heteroatoms. The van der Waals surface area contributed by atoms with Crippen molar-refractivity contribution in [3.63, 3.8) is 0 Å². The average molecular weight is 431 g/mol. The maximum absolute atomic E-state index is 12.2. The molecule has 0 unspecified atom stereocenters. The molecule has 0 radical (unpaired) electrons. The second kappa shape index (κ2) is 9.41. The van der Waals surface area contributed by atoms with Crippen LogP contribution in [0.15, 0.2) is 47.4 Å². The molecule has 0 saturated heterocycles. The van der Waals surface area contributed by atoms with Gasteiger partial charge < -0.3 is 10.1 Å². The van der Waals surface area contributed by atoms with Gasteiger partial charge in [-0.2, -0.15) is 0 Å². The summed E-state index contributed by atoms with van der Waals surface area (Å²) < 4.78 is 32.4. The van der Waals surface area contributed by atoms with Gasteiger partial charge in [0.15, 0.2) is 6.61 Å². The van der Waals surface area contributed by atoms with Gasteiger partial charge in [0, 0.05) is 6.04 Å². The number of rotatable bonds is 8. The molecule has 0 spiro atoms. The minimum atomic E-state index is -3.58. The van der Waals surface area contributed by atoms with Crippen LogP contribution in [0.5, 0.6) is 5.75 Å². The lowest BCUT2D eigenvalue weighted by atomic mass is 10.3. The molecule has 146 valence electrons. The van der Waals surface area contributed by atoms with Crippen LogP contribution in [0.4, 0.5) is 5.69 Å². The van der Waals surface area contributed by atoms with Gasteiger partial charge in [0.1, 0.15) is 5.75 Å². The van der Waals surface area contributed by atoms with Crippen molar-refractivity contribution >= 4 is 44.8 Å². The molecule has 2 N–H and O–H groups in total. The SMILES string of the molecule is CC[C@@H](C)NS(=O)(=O)c1ccc(OCC(=O)Nc2c(Cl)cccc2Cl)cc1. The van der Waals surface area contributed by atoms with Gasteiger partial charge in [0.2, 0.25) is 10.0 Å². The van der Waals surface area contributed by atoms with Crippen molar-refractivity contribution in [2.45, 2.75) is 31.2 Å². The number of amides is 1. The van der Waals surface area contributed by atoms with Crippen LogP contribution in [0.1, 0.15) is 20.3 Å². The number of halogens is 2. The third-order valence-corrected chi connectivity index (χ3v) is 5.94. The van der Waals surface area contributed by atoms with Gasteiger partial charge in [-0.1, -0.05) is 36.2 Å². The highest BCUT2D eigenvalue weighted by atomic mass is 35.5. The Kier molecular flexibility index (Phi) is 7.49. The molecule has 0 saturated carbocycles. The van der Waals surface area contributed by atoms with Crippen LogP contribution in [-0.4, -0.2) is 27.0 Å². The van der Waals surface area contributed by atoms with Crippen LogP contribution >= 0.6 is 23.2 Å². The average Bonchev–Trinajstić information content (AvgIpc) is 2.63. The van der Waals surface area contributed by atoms with Crippen molar-refractivity contribution < 1.29 is 17.9 Å². The monoisotopic (exact) mass is 430 g/mol. The number of carbonyl (C=O) groups is 1. The van der Waals surface area contributed by atoms with Crippen LogP contribution in [-0.2, 0) is 14.8 Å². The first kappa shape index (κ1) is 21.5. The highest BCUT2D eigenvalue weighted by Gasteiger charge is 2.16. The summed E-state index contributed by atoms with van der Waals surface area (Å²) in [7, 11) is -3.58. The van der Waals surface area contributed by atoms with E-state index in [2.05, 4.69) is 10.0 Å². The summed E-state index contributed by atoms with van der Waals surface area (Å²) in [5.41, 5.74) is 0.312. The van der Waals surface area contributed by atoms with Gasteiger partial charge >= 0.3 is 0 Å². The minimum absolute atomic E-state index is 0.127. The standard InChI is InChI=1S/C18H20Cl2N2O4S/c1-3-12(2)22-27(24,25)14-9-7-13(8-10-14)26-11-17(23)21-18-15(19)5-4-6-16(18)20/h4-10,12,22H,3,11H2,1-2H3,(H,21,23)/t12-/m1/s1. The van der Waals surface area contributed by atoms with E-state index in [4.69, 9.17) is 27.9 Å². The number of ether oxygens (including phenoxy) is 1. The van der Waals surface area contributed by atoms with E-state index in [1.807, 2.05) is 6.92 Å². The smallest absolute Gasteiger partial charge is 0.262 e. The molecule has 0 bridgehead atoms. The molecule has 1 atom stereocenters.